The molecule has 1 fully saturated rings. The highest BCUT2D eigenvalue weighted by Gasteiger charge is 2.35. The summed E-state index contributed by atoms with van der Waals surface area (Å²) in [6.07, 6.45) is 4.69. The Kier molecular flexibility index (Phi) is 3.29. The molecule has 1 aromatic rings. The van der Waals surface area contributed by atoms with Crippen molar-refractivity contribution in [3.05, 3.63) is 35.1 Å². The second kappa shape index (κ2) is 4.54. The Morgan fingerprint density at radius 3 is 2.81 bits per heavy atom. The average Bonchev–Trinajstić information content (AvgIpc) is 2.67. The van der Waals surface area contributed by atoms with Gasteiger partial charge in [-0.25, -0.2) is 4.39 Å². The average molecular weight is 221 g/mol. The van der Waals surface area contributed by atoms with E-state index in [0.29, 0.717) is 0 Å². The lowest BCUT2D eigenvalue weighted by atomic mass is 9.82. The molecule has 0 radical (unpaired) electrons. The first-order chi connectivity index (χ1) is 7.68. The van der Waals surface area contributed by atoms with E-state index in [1.54, 1.807) is 12.1 Å². The summed E-state index contributed by atoms with van der Waals surface area (Å²) in [6, 6.07) is 5.19. The van der Waals surface area contributed by atoms with Gasteiger partial charge in [-0.1, -0.05) is 19.4 Å². The van der Waals surface area contributed by atoms with Crippen LogP contribution < -0.4 is 5.32 Å². The smallest absolute Gasteiger partial charge is 0.123 e. The van der Waals surface area contributed by atoms with Gasteiger partial charge in [0.1, 0.15) is 5.82 Å². The fourth-order valence-corrected chi connectivity index (χ4v) is 2.97. The van der Waals surface area contributed by atoms with E-state index in [0.717, 1.165) is 24.9 Å². The SMILES string of the molecule is CCCC1(c2ccc(F)cc2C)CCCN1. The Morgan fingerprint density at radius 2 is 2.25 bits per heavy atom. The molecular weight excluding hydrogens is 201 g/mol. The molecule has 1 saturated heterocycles. The van der Waals surface area contributed by atoms with Crippen molar-refractivity contribution >= 4 is 0 Å². The fraction of sp³-hybridized carbons (Fsp3) is 0.571. The third-order valence-electron chi connectivity index (χ3n) is 3.62. The van der Waals surface area contributed by atoms with Gasteiger partial charge >= 0.3 is 0 Å². The van der Waals surface area contributed by atoms with E-state index in [2.05, 4.69) is 12.2 Å². The predicted molar refractivity (Wildman–Crippen MR) is 65.0 cm³/mol. The van der Waals surface area contributed by atoms with Crippen LogP contribution in [0.5, 0.6) is 0 Å². The molecule has 1 heterocycles. The van der Waals surface area contributed by atoms with Crippen LogP contribution in [0.3, 0.4) is 0 Å². The maximum Gasteiger partial charge on any atom is 0.123 e. The number of nitrogens with one attached hydrogen (secondary N) is 1. The third-order valence-corrected chi connectivity index (χ3v) is 3.62. The molecule has 0 saturated carbocycles. The van der Waals surface area contributed by atoms with Gasteiger partial charge in [-0.2, -0.15) is 0 Å². The Morgan fingerprint density at radius 1 is 1.44 bits per heavy atom. The van der Waals surface area contributed by atoms with Crippen molar-refractivity contribution < 1.29 is 4.39 Å². The zero-order valence-electron chi connectivity index (χ0n) is 10.1. The van der Waals surface area contributed by atoms with E-state index in [1.165, 1.54) is 18.4 Å². The van der Waals surface area contributed by atoms with Crippen LogP contribution in [0.4, 0.5) is 4.39 Å². The summed E-state index contributed by atoms with van der Waals surface area (Å²) in [5, 5.41) is 3.63. The second-order valence-electron chi connectivity index (χ2n) is 4.82. The monoisotopic (exact) mass is 221 g/mol. The van der Waals surface area contributed by atoms with Crippen molar-refractivity contribution in [1.82, 2.24) is 5.32 Å². The van der Waals surface area contributed by atoms with Gasteiger partial charge in [0.05, 0.1) is 0 Å². The van der Waals surface area contributed by atoms with Crippen molar-refractivity contribution in [2.75, 3.05) is 6.54 Å². The summed E-state index contributed by atoms with van der Waals surface area (Å²) in [5.41, 5.74) is 2.46. The van der Waals surface area contributed by atoms with E-state index >= 15 is 0 Å². The Hall–Kier alpha value is -0.890. The summed E-state index contributed by atoms with van der Waals surface area (Å²) in [5.74, 6) is -0.133. The molecule has 1 unspecified atom stereocenters. The quantitative estimate of drug-likeness (QED) is 0.823. The number of halogens is 1. The van der Waals surface area contributed by atoms with Crippen molar-refractivity contribution in [3.63, 3.8) is 0 Å². The lowest BCUT2D eigenvalue weighted by Crippen LogP contribution is -2.37. The summed E-state index contributed by atoms with van der Waals surface area (Å²) < 4.78 is 13.1. The molecular formula is C14H20FN. The first kappa shape index (κ1) is 11.6. The fourth-order valence-electron chi connectivity index (χ4n) is 2.97. The molecule has 1 aromatic carbocycles. The van der Waals surface area contributed by atoms with Gasteiger partial charge in [-0.3, -0.25) is 0 Å². The topological polar surface area (TPSA) is 12.0 Å². The minimum atomic E-state index is -0.133. The molecule has 16 heavy (non-hydrogen) atoms. The van der Waals surface area contributed by atoms with Crippen LogP contribution in [0.2, 0.25) is 0 Å². The minimum absolute atomic E-state index is 0.104. The van der Waals surface area contributed by atoms with Crippen LogP contribution >= 0.6 is 0 Å². The molecule has 0 amide bonds. The van der Waals surface area contributed by atoms with Gasteiger partial charge in [0.15, 0.2) is 0 Å². The molecule has 2 heteroatoms. The number of aryl methyl sites for hydroxylation is 1. The van der Waals surface area contributed by atoms with Crippen LogP contribution in [0.1, 0.15) is 43.7 Å². The summed E-state index contributed by atoms with van der Waals surface area (Å²) in [4.78, 5) is 0. The highest BCUT2D eigenvalue weighted by molar-refractivity contribution is 5.34. The van der Waals surface area contributed by atoms with Gasteiger partial charge in [0.25, 0.3) is 0 Å². The van der Waals surface area contributed by atoms with Crippen molar-refractivity contribution in [1.29, 1.82) is 0 Å². The molecule has 1 aliphatic rings. The Labute approximate surface area is 97.1 Å². The highest BCUT2D eigenvalue weighted by Crippen LogP contribution is 2.37. The first-order valence-corrected chi connectivity index (χ1v) is 6.19. The zero-order chi connectivity index (χ0) is 11.6. The molecule has 0 aromatic heterocycles. The molecule has 0 spiro atoms. The van der Waals surface area contributed by atoms with Crippen molar-refractivity contribution in [2.45, 2.75) is 45.1 Å². The van der Waals surface area contributed by atoms with E-state index in [9.17, 15) is 4.39 Å². The molecule has 0 aliphatic carbocycles. The van der Waals surface area contributed by atoms with Gasteiger partial charge in [0, 0.05) is 5.54 Å². The van der Waals surface area contributed by atoms with Crippen molar-refractivity contribution in [3.8, 4) is 0 Å². The predicted octanol–water partition coefficient (Wildman–Crippen LogP) is 3.51. The van der Waals surface area contributed by atoms with Crippen LogP contribution in [-0.2, 0) is 5.54 Å². The maximum absolute atomic E-state index is 13.1. The molecule has 1 aliphatic heterocycles. The van der Waals surface area contributed by atoms with Crippen molar-refractivity contribution in [2.24, 2.45) is 0 Å². The lowest BCUT2D eigenvalue weighted by molar-refractivity contribution is 0.353. The highest BCUT2D eigenvalue weighted by atomic mass is 19.1. The van der Waals surface area contributed by atoms with Gasteiger partial charge in [-0.15, -0.1) is 0 Å². The van der Waals surface area contributed by atoms with E-state index in [-0.39, 0.29) is 11.4 Å². The second-order valence-corrected chi connectivity index (χ2v) is 4.82. The van der Waals surface area contributed by atoms with Crippen LogP contribution in [-0.4, -0.2) is 6.54 Å². The summed E-state index contributed by atoms with van der Waals surface area (Å²) >= 11 is 0. The molecule has 1 N–H and O–H groups in total. The number of hydrogen-bond donors (Lipinski definition) is 1. The largest absolute Gasteiger partial charge is 0.307 e. The summed E-state index contributed by atoms with van der Waals surface area (Å²) in [7, 11) is 0. The first-order valence-electron chi connectivity index (χ1n) is 6.19. The molecule has 88 valence electrons. The Bertz CT molecular complexity index is 367. The minimum Gasteiger partial charge on any atom is -0.307 e. The van der Waals surface area contributed by atoms with E-state index < -0.39 is 0 Å². The Balaban J connectivity index is 2.38. The summed E-state index contributed by atoms with van der Waals surface area (Å²) in [6.45, 7) is 5.30. The van der Waals surface area contributed by atoms with Gasteiger partial charge in [-0.05, 0) is 56.0 Å². The van der Waals surface area contributed by atoms with Gasteiger partial charge in [0.2, 0.25) is 0 Å². The standard InChI is InChI=1S/C14H20FN/c1-3-7-14(8-4-9-16-14)13-6-5-12(15)10-11(13)2/h5-6,10,16H,3-4,7-9H2,1-2H3. The molecule has 1 atom stereocenters. The molecule has 0 bridgehead atoms. The lowest BCUT2D eigenvalue weighted by Gasteiger charge is -2.31. The van der Waals surface area contributed by atoms with E-state index in [1.807, 2.05) is 13.0 Å². The van der Waals surface area contributed by atoms with Crippen LogP contribution in [0.15, 0.2) is 18.2 Å². The molecule has 1 nitrogen and oxygen atoms in total. The van der Waals surface area contributed by atoms with Gasteiger partial charge < -0.3 is 5.32 Å². The van der Waals surface area contributed by atoms with Crippen LogP contribution in [0.25, 0.3) is 0 Å². The number of benzene rings is 1. The maximum atomic E-state index is 13.1. The van der Waals surface area contributed by atoms with Crippen LogP contribution in [0, 0.1) is 12.7 Å². The third kappa shape index (κ3) is 1.99. The molecule has 2 rings (SSSR count). The number of rotatable bonds is 3. The normalized spacial score (nSPS) is 24.9. The van der Waals surface area contributed by atoms with E-state index in [4.69, 9.17) is 0 Å². The number of hydrogen-bond acceptors (Lipinski definition) is 1. The zero-order valence-corrected chi connectivity index (χ0v) is 10.1.